The van der Waals surface area contributed by atoms with Crippen LogP contribution in [0.2, 0.25) is 0 Å². The molecule has 2 amide bonds. The number of amides is 2. The van der Waals surface area contributed by atoms with Gasteiger partial charge < -0.3 is 10.6 Å². The molecule has 0 bridgehead atoms. The highest BCUT2D eigenvalue weighted by Crippen LogP contribution is 2.23. The molecule has 2 aromatic rings. The van der Waals surface area contributed by atoms with Crippen LogP contribution >= 0.6 is 11.3 Å². The van der Waals surface area contributed by atoms with Gasteiger partial charge in [0.25, 0.3) is 11.8 Å². The van der Waals surface area contributed by atoms with Crippen molar-refractivity contribution >= 4 is 28.8 Å². The summed E-state index contributed by atoms with van der Waals surface area (Å²) in [6.07, 6.45) is 3.10. The molecule has 27 heavy (non-hydrogen) atoms. The van der Waals surface area contributed by atoms with E-state index in [1.807, 2.05) is 13.8 Å². The molecule has 0 aliphatic rings. The van der Waals surface area contributed by atoms with E-state index >= 15 is 0 Å². The van der Waals surface area contributed by atoms with Crippen LogP contribution in [0.25, 0.3) is 0 Å². The van der Waals surface area contributed by atoms with Crippen LogP contribution in [-0.2, 0) is 6.42 Å². The van der Waals surface area contributed by atoms with Crippen molar-refractivity contribution in [2.45, 2.75) is 53.9 Å². The van der Waals surface area contributed by atoms with Crippen LogP contribution in [0.5, 0.6) is 0 Å². The molecule has 5 nitrogen and oxygen atoms in total. The highest BCUT2D eigenvalue weighted by molar-refractivity contribution is 7.13. The average molecular weight is 388 g/mol. The number of benzene rings is 1. The molecule has 0 fully saturated rings. The Balaban J connectivity index is 2.08. The fourth-order valence-electron chi connectivity index (χ4n) is 2.62. The van der Waals surface area contributed by atoms with E-state index in [-0.39, 0.29) is 11.8 Å². The van der Waals surface area contributed by atoms with E-state index in [4.69, 9.17) is 0 Å². The lowest BCUT2D eigenvalue weighted by atomic mass is 10.1. The predicted octanol–water partition coefficient (Wildman–Crippen LogP) is 4.74. The third-order valence-electron chi connectivity index (χ3n) is 4.20. The normalized spacial score (nSPS) is 10.9. The molecule has 1 aromatic heterocycles. The smallest absolute Gasteiger partial charge is 0.267 e. The van der Waals surface area contributed by atoms with Gasteiger partial charge >= 0.3 is 0 Å². The van der Waals surface area contributed by atoms with E-state index in [0.717, 1.165) is 35.5 Å². The lowest BCUT2D eigenvalue weighted by Gasteiger charge is -2.11. The van der Waals surface area contributed by atoms with Gasteiger partial charge in [-0.2, -0.15) is 0 Å². The zero-order chi connectivity index (χ0) is 20.0. The number of hydrogen-bond donors (Lipinski definition) is 2. The van der Waals surface area contributed by atoms with Crippen LogP contribution in [0.15, 0.2) is 18.2 Å². The molecule has 2 N–H and O–H groups in total. The van der Waals surface area contributed by atoms with Crippen LogP contribution in [0.4, 0.5) is 5.69 Å². The number of carbonyl (C=O) groups is 2. The van der Waals surface area contributed by atoms with E-state index in [1.54, 1.807) is 18.2 Å². The molecule has 0 radical (unpaired) electrons. The van der Waals surface area contributed by atoms with Gasteiger partial charge in [0.05, 0.1) is 10.7 Å². The number of nitrogens with zero attached hydrogens (tertiary/aromatic N) is 1. The third kappa shape index (κ3) is 5.89. The summed E-state index contributed by atoms with van der Waals surface area (Å²) in [7, 11) is 0. The molecule has 0 saturated carbocycles. The first-order chi connectivity index (χ1) is 12.8. The third-order valence-corrected chi connectivity index (χ3v) is 5.41. The fraction of sp³-hybridized carbons (Fsp3) is 0.476. The monoisotopic (exact) mass is 387 g/mol. The van der Waals surface area contributed by atoms with Gasteiger partial charge in [-0.3, -0.25) is 9.59 Å². The summed E-state index contributed by atoms with van der Waals surface area (Å²) in [6, 6.07) is 5.33. The molecular formula is C21H29N3O2S. The first-order valence-corrected chi connectivity index (χ1v) is 10.3. The van der Waals surface area contributed by atoms with Crippen molar-refractivity contribution in [1.82, 2.24) is 10.3 Å². The van der Waals surface area contributed by atoms with Gasteiger partial charge in [0.1, 0.15) is 4.88 Å². The number of anilines is 1. The minimum atomic E-state index is -0.146. The van der Waals surface area contributed by atoms with Crippen molar-refractivity contribution in [3.05, 3.63) is 44.9 Å². The number of aromatic nitrogens is 1. The fourth-order valence-corrected chi connectivity index (χ4v) is 3.62. The van der Waals surface area contributed by atoms with Crippen LogP contribution in [0.1, 0.15) is 69.9 Å². The molecule has 0 saturated heterocycles. The second-order valence-corrected chi connectivity index (χ2v) is 8.30. The number of thiazole rings is 1. The summed E-state index contributed by atoms with van der Waals surface area (Å²) in [6.45, 7) is 10.7. The molecule has 0 atom stereocenters. The Morgan fingerprint density at radius 3 is 2.56 bits per heavy atom. The van der Waals surface area contributed by atoms with E-state index in [0.29, 0.717) is 28.6 Å². The van der Waals surface area contributed by atoms with Crippen LogP contribution in [0.3, 0.4) is 0 Å². The minimum absolute atomic E-state index is 0.0939. The predicted molar refractivity (Wildman–Crippen MR) is 112 cm³/mol. The second-order valence-electron chi connectivity index (χ2n) is 7.21. The Hall–Kier alpha value is -2.21. The Bertz CT molecular complexity index is 812. The first-order valence-electron chi connectivity index (χ1n) is 9.48. The number of aryl methyl sites for hydroxylation is 3. The maximum Gasteiger partial charge on any atom is 0.267 e. The summed E-state index contributed by atoms with van der Waals surface area (Å²) >= 11 is 1.46. The molecule has 1 aromatic carbocycles. The second kappa shape index (κ2) is 9.65. The van der Waals surface area contributed by atoms with Gasteiger partial charge in [0.15, 0.2) is 0 Å². The Morgan fingerprint density at radius 1 is 1.19 bits per heavy atom. The van der Waals surface area contributed by atoms with Gasteiger partial charge in [-0.05, 0) is 56.4 Å². The van der Waals surface area contributed by atoms with E-state index in [1.165, 1.54) is 11.3 Å². The molecule has 0 unspecified atom stereocenters. The average Bonchev–Trinajstić information content (AvgIpc) is 3.00. The molecule has 2 rings (SSSR count). The number of carbonyl (C=O) groups excluding carboxylic acids is 2. The molecule has 0 spiro atoms. The number of rotatable bonds is 8. The lowest BCUT2D eigenvalue weighted by molar-refractivity contribution is 0.0948. The SMILES string of the molecule is CCCCc1nc(C)c(C(=O)Nc2ccc(C(=O)NCC(C)C)cc2C)s1. The summed E-state index contributed by atoms with van der Waals surface area (Å²) in [5.41, 5.74) is 2.94. The molecular weight excluding hydrogens is 358 g/mol. The van der Waals surface area contributed by atoms with Crippen LogP contribution in [0, 0.1) is 19.8 Å². The first kappa shape index (κ1) is 21.1. The Morgan fingerprint density at radius 2 is 1.93 bits per heavy atom. The highest BCUT2D eigenvalue weighted by Gasteiger charge is 2.16. The van der Waals surface area contributed by atoms with E-state index in [2.05, 4.69) is 36.4 Å². The molecule has 0 aliphatic carbocycles. The van der Waals surface area contributed by atoms with Crippen molar-refractivity contribution in [2.24, 2.45) is 5.92 Å². The van der Waals surface area contributed by atoms with Crippen molar-refractivity contribution in [3.63, 3.8) is 0 Å². The van der Waals surface area contributed by atoms with Crippen molar-refractivity contribution in [3.8, 4) is 0 Å². The summed E-state index contributed by atoms with van der Waals surface area (Å²) < 4.78 is 0. The highest BCUT2D eigenvalue weighted by atomic mass is 32.1. The van der Waals surface area contributed by atoms with Gasteiger partial charge in [0.2, 0.25) is 0 Å². The van der Waals surface area contributed by atoms with Gasteiger partial charge in [-0.1, -0.05) is 27.2 Å². The minimum Gasteiger partial charge on any atom is -0.352 e. The van der Waals surface area contributed by atoms with Crippen molar-refractivity contribution in [1.29, 1.82) is 0 Å². The standard InChI is InChI=1S/C21H29N3O2S/c1-6-7-8-18-23-15(5)19(27-18)21(26)24-17-10-9-16(11-14(17)4)20(25)22-12-13(2)3/h9-11,13H,6-8,12H2,1-5H3,(H,22,25)(H,24,26). The molecule has 6 heteroatoms. The van der Waals surface area contributed by atoms with Gasteiger partial charge in [-0.15, -0.1) is 11.3 Å². The molecule has 1 heterocycles. The maximum absolute atomic E-state index is 12.7. The van der Waals surface area contributed by atoms with Crippen molar-refractivity contribution < 1.29 is 9.59 Å². The largest absolute Gasteiger partial charge is 0.352 e. The van der Waals surface area contributed by atoms with E-state index < -0.39 is 0 Å². The van der Waals surface area contributed by atoms with Crippen molar-refractivity contribution in [2.75, 3.05) is 11.9 Å². The maximum atomic E-state index is 12.7. The number of unbranched alkanes of at least 4 members (excludes halogenated alkanes) is 1. The zero-order valence-electron chi connectivity index (χ0n) is 16.8. The Kier molecular flexibility index (Phi) is 7.54. The number of nitrogens with one attached hydrogen (secondary N) is 2. The van der Waals surface area contributed by atoms with Crippen LogP contribution in [-0.4, -0.2) is 23.3 Å². The summed E-state index contributed by atoms with van der Waals surface area (Å²) in [5, 5.41) is 6.87. The van der Waals surface area contributed by atoms with Crippen LogP contribution < -0.4 is 10.6 Å². The quantitative estimate of drug-likeness (QED) is 0.687. The topological polar surface area (TPSA) is 71.1 Å². The number of hydrogen-bond acceptors (Lipinski definition) is 4. The van der Waals surface area contributed by atoms with E-state index in [9.17, 15) is 9.59 Å². The summed E-state index contributed by atoms with van der Waals surface area (Å²) in [4.78, 5) is 30.0. The summed E-state index contributed by atoms with van der Waals surface area (Å²) in [5.74, 6) is 0.162. The molecule has 0 aliphatic heterocycles. The Labute approximate surface area is 165 Å². The van der Waals surface area contributed by atoms with Gasteiger partial charge in [0, 0.05) is 17.8 Å². The van der Waals surface area contributed by atoms with Gasteiger partial charge in [-0.25, -0.2) is 4.98 Å². The molecule has 146 valence electrons. The zero-order valence-corrected chi connectivity index (χ0v) is 17.6. The lowest BCUT2D eigenvalue weighted by Crippen LogP contribution is -2.27.